The van der Waals surface area contributed by atoms with Crippen molar-refractivity contribution in [2.24, 2.45) is 0 Å². The van der Waals surface area contributed by atoms with Gasteiger partial charge >= 0.3 is 0 Å². The Balaban J connectivity index is 2.55. The number of hydrogen-bond donors (Lipinski definition) is 1. The zero-order valence-corrected chi connectivity index (χ0v) is 13.7. The highest BCUT2D eigenvalue weighted by atomic mass is 32.2. The van der Waals surface area contributed by atoms with E-state index in [0.29, 0.717) is 24.8 Å². The van der Waals surface area contributed by atoms with Crippen LogP contribution in [0.15, 0.2) is 4.90 Å². The molecule has 114 valence electrons. The first-order valence-electron chi connectivity index (χ1n) is 6.21. The number of nitrogens with zero attached hydrogens (tertiary/aromatic N) is 3. The van der Waals surface area contributed by atoms with Gasteiger partial charge < -0.3 is 15.4 Å². The van der Waals surface area contributed by atoms with E-state index in [4.69, 9.17) is 10.5 Å². The first-order valence-corrected chi connectivity index (χ1v) is 8.42. The minimum Gasteiger partial charge on any atom is -0.382 e. The second-order valence-electron chi connectivity index (χ2n) is 5.51. The molecule has 20 heavy (non-hydrogen) atoms. The predicted molar refractivity (Wildman–Crippen MR) is 79.6 cm³/mol. The maximum Gasteiger partial charge on any atom is 0.249 e. The maximum atomic E-state index is 12.4. The SMILES string of the molecule is CN(C)S(=O)(=O)c1c(N)nsc1N1CCOCC1(C)C. The molecular weight excluding hydrogens is 300 g/mol. The summed E-state index contributed by atoms with van der Waals surface area (Å²) in [7, 11) is -0.647. The number of aromatic nitrogens is 1. The van der Waals surface area contributed by atoms with Crippen LogP contribution in [-0.2, 0) is 14.8 Å². The minimum absolute atomic E-state index is 0.0565. The van der Waals surface area contributed by atoms with E-state index in [1.54, 1.807) is 0 Å². The summed E-state index contributed by atoms with van der Waals surface area (Å²) < 4.78 is 35.5. The lowest BCUT2D eigenvalue weighted by Gasteiger charge is -2.43. The highest BCUT2D eigenvalue weighted by molar-refractivity contribution is 7.89. The average Bonchev–Trinajstić information content (AvgIpc) is 2.70. The molecule has 1 fully saturated rings. The highest BCUT2D eigenvalue weighted by Crippen LogP contribution is 2.39. The van der Waals surface area contributed by atoms with E-state index in [9.17, 15) is 8.42 Å². The van der Waals surface area contributed by atoms with Crippen LogP contribution in [0.25, 0.3) is 0 Å². The van der Waals surface area contributed by atoms with Gasteiger partial charge in [-0.05, 0) is 25.4 Å². The number of nitrogen functional groups attached to an aromatic ring is 1. The third kappa shape index (κ3) is 2.50. The fourth-order valence-corrected chi connectivity index (χ4v) is 4.51. The van der Waals surface area contributed by atoms with Crippen molar-refractivity contribution in [3.05, 3.63) is 0 Å². The third-order valence-corrected chi connectivity index (χ3v) is 6.18. The smallest absolute Gasteiger partial charge is 0.249 e. The molecule has 1 aliphatic rings. The first kappa shape index (κ1) is 15.5. The van der Waals surface area contributed by atoms with E-state index in [0.717, 1.165) is 15.8 Å². The molecule has 2 rings (SSSR count). The summed E-state index contributed by atoms with van der Waals surface area (Å²) in [5, 5.41) is 0.588. The third-order valence-electron chi connectivity index (χ3n) is 3.29. The Hall–Kier alpha value is -0.900. The Bertz CT molecular complexity index is 595. The van der Waals surface area contributed by atoms with E-state index in [-0.39, 0.29) is 16.3 Å². The summed E-state index contributed by atoms with van der Waals surface area (Å²) in [6.45, 7) is 5.72. The lowest BCUT2D eigenvalue weighted by molar-refractivity contribution is 0.0645. The largest absolute Gasteiger partial charge is 0.382 e. The average molecular weight is 320 g/mol. The van der Waals surface area contributed by atoms with Gasteiger partial charge in [0.15, 0.2) is 10.7 Å². The van der Waals surface area contributed by atoms with E-state index in [1.807, 2.05) is 18.7 Å². The van der Waals surface area contributed by atoms with Crippen molar-refractivity contribution in [3.63, 3.8) is 0 Å². The molecule has 2 N–H and O–H groups in total. The summed E-state index contributed by atoms with van der Waals surface area (Å²) in [6, 6.07) is 0. The Kier molecular flexibility index (Phi) is 3.98. The highest BCUT2D eigenvalue weighted by Gasteiger charge is 2.37. The molecule has 0 amide bonds. The number of rotatable bonds is 3. The van der Waals surface area contributed by atoms with E-state index in [2.05, 4.69) is 4.37 Å². The molecule has 1 aliphatic heterocycles. The number of ether oxygens (including phenoxy) is 1. The standard InChI is InChI=1S/C11H20N4O3S2/c1-11(2)7-18-6-5-15(11)10-8(9(12)13-19-10)20(16,17)14(3)4/h5-7H2,1-4H3,(H2,12,13). The molecule has 0 bridgehead atoms. The molecule has 0 atom stereocenters. The molecule has 0 saturated carbocycles. The zero-order valence-electron chi connectivity index (χ0n) is 12.1. The van der Waals surface area contributed by atoms with Crippen molar-refractivity contribution in [1.82, 2.24) is 8.68 Å². The second kappa shape index (κ2) is 5.14. The van der Waals surface area contributed by atoms with Crippen LogP contribution in [0.2, 0.25) is 0 Å². The molecule has 0 unspecified atom stereocenters. The number of nitrogens with two attached hydrogens (primary N) is 1. The van der Waals surface area contributed by atoms with E-state index >= 15 is 0 Å². The van der Waals surface area contributed by atoms with Crippen LogP contribution < -0.4 is 10.6 Å². The van der Waals surface area contributed by atoms with Gasteiger partial charge in [0.1, 0.15) is 5.00 Å². The van der Waals surface area contributed by atoms with Crippen LogP contribution >= 0.6 is 11.5 Å². The van der Waals surface area contributed by atoms with Crippen molar-refractivity contribution < 1.29 is 13.2 Å². The first-order chi connectivity index (χ1) is 9.18. The van der Waals surface area contributed by atoms with Gasteiger partial charge in [0.05, 0.1) is 18.8 Å². The van der Waals surface area contributed by atoms with Gasteiger partial charge in [-0.2, -0.15) is 4.37 Å². The van der Waals surface area contributed by atoms with Gasteiger partial charge in [-0.15, -0.1) is 0 Å². The second-order valence-corrected chi connectivity index (χ2v) is 8.35. The van der Waals surface area contributed by atoms with Crippen LogP contribution in [-0.4, -0.2) is 56.5 Å². The Morgan fingerprint density at radius 3 is 2.65 bits per heavy atom. The molecule has 2 heterocycles. The molecule has 0 spiro atoms. The summed E-state index contributed by atoms with van der Waals surface area (Å²) >= 11 is 1.12. The van der Waals surface area contributed by atoms with Gasteiger partial charge in [0.2, 0.25) is 10.0 Å². The van der Waals surface area contributed by atoms with Gasteiger partial charge in [0.25, 0.3) is 0 Å². The van der Waals surface area contributed by atoms with Crippen LogP contribution in [0.4, 0.5) is 10.8 Å². The maximum absolute atomic E-state index is 12.4. The van der Waals surface area contributed by atoms with Gasteiger partial charge in [-0.25, -0.2) is 12.7 Å². The molecule has 7 nitrogen and oxygen atoms in total. The van der Waals surface area contributed by atoms with Crippen molar-refractivity contribution in [1.29, 1.82) is 0 Å². The van der Waals surface area contributed by atoms with Crippen LogP contribution in [0.5, 0.6) is 0 Å². The van der Waals surface area contributed by atoms with Crippen molar-refractivity contribution in [3.8, 4) is 0 Å². The molecule has 0 aliphatic carbocycles. The number of morpholine rings is 1. The summed E-state index contributed by atoms with van der Waals surface area (Å²) in [5.74, 6) is 0.0565. The molecule has 0 radical (unpaired) electrons. The summed E-state index contributed by atoms with van der Waals surface area (Å²) in [5.41, 5.74) is 5.50. The molecule has 9 heteroatoms. The normalized spacial score (nSPS) is 19.6. The van der Waals surface area contributed by atoms with Gasteiger partial charge in [-0.1, -0.05) is 0 Å². The molecule has 1 aromatic heterocycles. The van der Waals surface area contributed by atoms with Gasteiger partial charge in [-0.3, -0.25) is 0 Å². The Morgan fingerprint density at radius 2 is 2.10 bits per heavy atom. The Morgan fingerprint density at radius 1 is 1.45 bits per heavy atom. The zero-order chi connectivity index (χ0) is 15.1. The fourth-order valence-electron chi connectivity index (χ4n) is 2.12. The van der Waals surface area contributed by atoms with Crippen LogP contribution in [0.1, 0.15) is 13.8 Å². The molecule has 1 saturated heterocycles. The summed E-state index contributed by atoms with van der Waals surface area (Å²) in [4.78, 5) is 2.11. The lowest BCUT2D eigenvalue weighted by Crippen LogP contribution is -2.53. The topological polar surface area (TPSA) is 88.8 Å². The van der Waals surface area contributed by atoms with Crippen molar-refractivity contribution in [2.75, 3.05) is 44.5 Å². The monoisotopic (exact) mass is 320 g/mol. The number of anilines is 2. The number of sulfonamides is 1. The predicted octanol–water partition coefficient (Wildman–Crippen LogP) is 0.591. The molecule has 1 aromatic rings. The molecule has 0 aromatic carbocycles. The van der Waals surface area contributed by atoms with Crippen molar-refractivity contribution >= 4 is 32.4 Å². The molecular formula is C11H20N4O3S2. The van der Waals surface area contributed by atoms with E-state index in [1.165, 1.54) is 14.1 Å². The quantitative estimate of drug-likeness (QED) is 0.877. The van der Waals surface area contributed by atoms with Gasteiger partial charge in [0, 0.05) is 20.6 Å². The van der Waals surface area contributed by atoms with Crippen LogP contribution in [0.3, 0.4) is 0 Å². The Labute approximate surface area is 123 Å². The summed E-state index contributed by atoms with van der Waals surface area (Å²) in [6.07, 6.45) is 0. The van der Waals surface area contributed by atoms with Crippen molar-refractivity contribution in [2.45, 2.75) is 24.3 Å². The minimum atomic E-state index is -3.62. The fraction of sp³-hybridized carbons (Fsp3) is 0.727. The number of hydrogen-bond acceptors (Lipinski definition) is 7. The van der Waals surface area contributed by atoms with Crippen LogP contribution in [0, 0.1) is 0 Å². The lowest BCUT2D eigenvalue weighted by atomic mass is 10.0. The van der Waals surface area contributed by atoms with E-state index < -0.39 is 10.0 Å².